The molecule has 0 saturated carbocycles. The monoisotopic (exact) mass is 244 g/mol. The highest BCUT2D eigenvalue weighted by Crippen LogP contribution is 2.18. The molecule has 0 amide bonds. The number of aryl methyl sites for hydroxylation is 1. The van der Waals surface area contributed by atoms with E-state index >= 15 is 0 Å². The maximum absolute atomic E-state index is 13.2. The van der Waals surface area contributed by atoms with Crippen LogP contribution < -0.4 is 4.74 Å². The van der Waals surface area contributed by atoms with Crippen molar-refractivity contribution in [3.05, 3.63) is 65.0 Å². The maximum atomic E-state index is 13.2. The summed E-state index contributed by atoms with van der Waals surface area (Å²) in [7, 11) is 1.56. The molecule has 0 aliphatic carbocycles. The van der Waals surface area contributed by atoms with Crippen LogP contribution in [0.15, 0.2) is 42.5 Å². The molecule has 0 spiro atoms. The Kier molecular flexibility index (Phi) is 3.42. The summed E-state index contributed by atoms with van der Waals surface area (Å²) in [5.41, 5.74) is 1.67. The van der Waals surface area contributed by atoms with Crippen LogP contribution in [0.5, 0.6) is 5.75 Å². The van der Waals surface area contributed by atoms with Crippen LogP contribution in [0.1, 0.15) is 21.5 Å². The van der Waals surface area contributed by atoms with Crippen LogP contribution in [0, 0.1) is 12.7 Å². The van der Waals surface area contributed by atoms with Gasteiger partial charge in [-0.05, 0) is 48.9 Å². The Balaban J connectivity index is 2.38. The molecule has 92 valence electrons. The highest BCUT2D eigenvalue weighted by molar-refractivity contribution is 6.09. The molecule has 2 nitrogen and oxygen atoms in total. The van der Waals surface area contributed by atoms with Gasteiger partial charge in [0.1, 0.15) is 11.6 Å². The lowest BCUT2D eigenvalue weighted by Gasteiger charge is -2.06. The normalized spacial score (nSPS) is 10.2. The molecular weight excluding hydrogens is 231 g/mol. The van der Waals surface area contributed by atoms with E-state index in [2.05, 4.69) is 0 Å². The molecule has 2 rings (SSSR count). The molecule has 0 heterocycles. The zero-order valence-corrected chi connectivity index (χ0v) is 10.2. The summed E-state index contributed by atoms with van der Waals surface area (Å²) in [6.07, 6.45) is 0. The highest BCUT2D eigenvalue weighted by Gasteiger charge is 2.12. The van der Waals surface area contributed by atoms with Crippen LogP contribution in [0.25, 0.3) is 0 Å². The number of halogens is 1. The predicted molar refractivity (Wildman–Crippen MR) is 67.6 cm³/mol. The molecule has 3 heteroatoms. The third kappa shape index (κ3) is 2.40. The van der Waals surface area contributed by atoms with Crippen molar-refractivity contribution in [3.8, 4) is 5.75 Å². The molecule has 2 aromatic carbocycles. The number of ketones is 1. The number of rotatable bonds is 3. The van der Waals surface area contributed by atoms with Crippen LogP contribution in [-0.2, 0) is 0 Å². The summed E-state index contributed by atoms with van der Waals surface area (Å²) in [6, 6.07) is 11.0. The smallest absolute Gasteiger partial charge is 0.193 e. The number of hydrogen-bond acceptors (Lipinski definition) is 2. The Labute approximate surface area is 105 Å². The summed E-state index contributed by atoms with van der Waals surface area (Å²) < 4.78 is 18.2. The molecule has 0 aliphatic heterocycles. The van der Waals surface area contributed by atoms with Gasteiger partial charge in [0.2, 0.25) is 0 Å². The molecule has 0 radical (unpaired) electrons. The fourth-order valence-corrected chi connectivity index (χ4v) is 1.74. The number of hydrogen-bond donors (Lipinski definition) is 0. The Morgan fingerprint density at radius 2 is 1.78 bits per heavy atom. The lowest BCUT2D eigenvalue weighted by molar-refractivity contribution is 0.103. The predicted octanol–water partition coefficient (Wildman–Crippen LogP) is 3.37. The van der Waals surface area contributed by atoms with Gasteiger partial charge in [-0.25, -0.2) is 4.39 Å². The number of benzene rings is 2. The van der Waals surface area contributed by atoms with Crippen LogP contribution in [0.3, 0.4) is 0 Å². The van der Waals surface area contributed by atoms with Gasteiger partial charge in [-0.15, -0.1) is 0 Å². The first kappa shape index (κ1) is 12.3. The fraction of sp³-hybridized carbons (Fsp3) is 0.133. The van der Waals surface area contributed by atoms with Crippen molar-refractivity contribution in [1.82, 2.24) is 0 Å². The molecule has 0 fully saturated rings. The minimum atomic E-state index is -0.405. The molecule has 0 aromatic heterocycles. The Morgan fingerprint density at radius 3 is 2.39 bits per heavy atom. The molecule has 18 heavy (non-hydrogen) atoms. The van der Waals surface area contributed by atoms with Crippen LogP contribution >= 0.6 is 0 Å². The van der Waals surface area contributed by atoms with E-state index in [9.17, 15) is 9.18 Å². The van der Waals surface area contributed by atoms with E-state index in [-0.39, 0.29) is 5.78 Å². The Morgan fingerprint density at radius 1 is 1.11 bits per heavy atom. The third-order valence-corrected chi connectivity index (χ3v) is 2.80. The molecule has 0 atom stereocenters. The average Bonchev–Trinajstić information content (AvgIpc) is 2.41. The average molecular weight is 244 g/mol. The van der Waals surface area contributed by atoms with E-state index in [1.807, 2.05) is 0 Å². The van der Waals surface area contributed by atoms with Crippen molar-refractivity contribution < 1.29 is 13.9 Å². The third-order valence-electron chi connectivity index (χ3n) is 2.80. The van der Waals surface area contributed by atoms with E-state index in [0.29, 0.717) is 16.9 Å². The Hall–Kier alpha value is -2.16. The minimum absolute atomic E-state index is 0.186. The van der Waals surface area contributed by atoms with Gasteiger partial charge in [-0.2, -0.15) is 0 Å². The number of ether oxygens (including phenoxy) is 1. The van der Waals surface area contributed by atoms with E-state index in [1.54, 1.807) is 44.4 Å². The van der Waals surface area contributed by atoms with Gasteiger partial charge in [0.15, 0.2) is 5.78 Å². The first-order valence-corrected chi connectivity index (χ1v) is 5.56. The largest absolute Gasteiger partial charge is 0.497 e. The molecule has 0 aliphatic rings. The molecule has 2 aromatic rings. The zero-order valence-electron chi connectivity index (χ0n) is 10.2. The Bertz CT molecular complexity index is 574. The molecule has 0 N–H and O–H groups in total. The summed E-state index contributed by atoms with van der Waals surface area (Å²) >= 11 is 0. The van der Waals surface area contributed by atoms with E-state index in [1.165, 1.54) is 12.1 Å². The number of carbonyl (C=O) groups excluding carboxylic acids is 1. The van der Waals surface area contributed by atoms with Gasteiger partial charge in [-0.3, -0.25) is 4.79 Å². The summed E-state index contributed by atoms with van der Waals surface area (Å²) in [4.78, 5) is 12.2. The summed E-state index contributed by atoms with van der Waals surface area (Å²) in [5, 5.41) is 0. The SMILES string of the molecule is COc1ccc(C(=O)c2cc(F)ccc2C)cc1. The number of carbonyl (C=O) groups is 1. The lowest BCUT2D eigenvalue weighted by Crippen LogP contribution is -2.04. The van der Waals surface area contributed by atoms with E-state index in [4.69, 9.17) is 4.74 Å². The second-order valence-electron chi connectivity index (χ2n) is 4.02. The van der Waals surface area contributed by atoms with Crippen LogP contribution in [0.4, 0.5) is 4.39 Å². The van der Waals surface area contributed by atoms with Gasteiger partial charge in [-0.1, -0.05) is 6.07 Å². The van der Waals surface area contributed by atoms with Crippen molar-refractivity contribution in [2.75, 3.05) is 7.11 Å². The van der Waals surface area contributed by atoms with Crippen LogP contribution in [0.2, 0.25) is 0 Å². The first-order valence-electron chi connectivity index (χ1n) is 5.56. The van der Waals surface area contributed by atoms with Gasteiger partial charge in [0.05, 0.1) is 7.11 Å². The second kappa shape index (κ2) is 5.00. The standard InChI is InChI=1S/C15H13FO2/c1-10-3-6-12(16)9-14(10)15(17)11-4-7-13(18-2)8-5-11/h3-9H,1-2H3. The van der Waals surface area contributed by atoms with Gasteiger partial charge >= 0.3 is 0 Å². The maximum Gasteiger partial charge on any atom is 0.193 e. The van der Waals surface area contributed by atoms with Crippen molar-refractivity contribution in [2.45, 2.75) is 6.92 Å². The second-order valence-corrected chi connectivity index (χ2v) is 4.02. The van der Waals surface area contributed by atoms with Crippen LogP contribution in [-0.4, -0.2) is 12.9 Å². The lowest BCUT2D eigenvalue weighted by atomic mass is 9.99. The minimum Gasteiger partial charge on any atom is -0.497 e. The first-order chi connectivity index (χ1) is 8.61. The highest BCUT2D eigenvalue weighted by atomic mass is 19.1. The molecule has 0 unspecified atom stereocenters. The van der Waals surface area contributed by atoms with Crippen molar-refractivity contribution in [2.24, 2.45) is 0 Å². The van der Waals surface area contributed by atoms with Crippen molar-refractivity contribution >= 4 is 5.78 Å². The molecule has 0 bridgehead atoms. The summed E-state index contributed by atoms with van der Waals surface area (Å²) in [5.74, 6) is 0.0922. The summed E-state index contributed by atoms with van der Waals surface area (Å²) in [6.45, 7) is 1.79. The van der Waals surface area contributed by atoms with Crippen molar-refractivity contribution in [1.29, 1.82) is 0 Å². The van der Waals surface area contributed by atoms with Gasteiger partial charge < -0.3 is 4.74 Å². The quantitative estimate of drug-likeness (QED) is 0.774. The van der Waals surface area contributed by atoms with E-state index < -0.39 is 5.82 Å². The molecule has 0 saturated heterocycles. The molecular formula is C15H13FO2. The van der Waals surface area contributed by atoms with Crippen molar-refractivity contribution in [3.63, 3.8) is 0 Å². The fourth-order valence-electron chi connectivity index (χ4n) is 1.74. The topological polar surface area (TPSA) is 26.3 Å². The van der Waals surface area contributed by atoms with E-state index in [0.717, 1.165) is 5.56 Å². The number of methoxy groups -OCH3 is 1. The van der Waals surface area contributed by atoms with Gasteiger partial charge in [0.25, 0.3) is 0 Å². The zero-order chi connectivity index (χ0) is 13.1. The van der Waals surface area contributed by atoms with Gasteiger partial charge in [0, 0.05) is 11.1 Å².